The minimum absolute atomic E-state index is 0.0854. The fourth-order valence-corrected chi connectivity index (χ4v) is 6.04. The molecule has 9 heteroatoms. The summed E-state index contributed by atoms with van der Waals surface area (Å²) in [4.78, 5) is 51.2. The van der Waals surface area contributed by atoms with Gasteiger partial charge >= 0.3 is 0 Å². The fourth-order valence-electron chi connectivity index (χ4n) is 4.47. The molecule has 1 atom stereocenters. The van der Waals surface area contributed by atoms with E-state index in [1.807, 2.05) is 0 Å². The molecule has 1 aliphatic rings. The van der Waals surface area contributed by atoms with Crippen molar-refractivity contribution < 1.29 is 19.6 Å². The summed E-state index contributed by atoms with van der Waals surface area (Å²) in [6.07, 6.45) is 0. The lowest BCUT2D eigenvalue weighted by atomic mass is 9.78. The van der Waals surface area contributed by atoms with Crippen LogP contribution in [-0.4, -0.2) is 21.6 Å². The van der Waals surface area contributed by atoms with Gasteiger partial charge in [-0.25, -0.2) is 0 Å². The van der Waals surface area contributed by atoms with E-state index in [0.29, 0.717) is 15.6 Å². The highest BCUT2D eigenvalue weighted by Gasteiger charge is 2.46. The second-order valence-electron chi connectivity index (χ2n) is 7.84. The van der Waals surface area contributed by atoms with Crippen molar-refractivity contribution in [2.75, 3.05) is 0 Å². The van der Waals surface area contributed by atoms with Gasteiger partial charge in [-0.2, -0.15) is 0 Å². The number of nitro groups is 1. The summed E-state index contributed by atoms with van der Waals surface area (Å²) >= 11 is 4.30. The molecule has 0 bridgehead atoms. The molecule has 1 heterocycles. The Labute approximate surface area is 204 Å². The van der Waals surface area contributed by atoms with Gasteiger partial charge in [0, 0.05) is 43.7 Å². The molecule has 168 valence electrons. The topological polar surface area (TPSA) is 115 Å². The first kappa shape index (κ1) is 22.1. The molecule has 1 N–H and O–H groups in total. The number of benzene rings is 3. The highest BCUT2D eigenvalue weighted by Crippen LogP contribution is 2.46. The van der Waals surface area contributed by atoms with Gasteiger partial charge < -0.3 is 5.11 Å². The molecule has 0 fully saturated rings. The molecule has 0 spiro atoms. The zero-order valence-electron chi connectivity index (χ0n) is 17.2. The van der Waals surface area contributed by atoms with Crippen LogP contribution in [0.3, 0.4) is 0 Å². The van der Waals surface area contributed by atoms with Crippen LogP contribution in [0.1, 0.15) is 37.8 Å². The van der Waals surface area contributed by atoms with Crippen LogP contribution in [0.25, 0.3) is 10.1 Å². The number of nitro benzene ring substituents is 1. The Morgan fingerprint density at radius 2 is 1.56 bits per heavy atom. The van der Waals surface area contributed by atoms with E-state index in [0.717, 1.165) is 11.3 Å². The van der Waals surface area contributed by atoms with E-state index in [9.17, 15) is 29.6 Å². The summed E-state index contributed by atoms with van der Waals surface area (Å²) in [6, 6.07) is 17.1. The number of fused-ring (bicyclic) bond motifs is 2. The van der Waals surface area contributed by atoms with E-state index in [1.165, 1.54) is 18.2 Å². The molecule has 0 aliphatic heterocycles. The second-order valence-corrected chi connectivity index (χ2v) is 9.72. The van der Waals surface area contributed by atoms with E-state index in [4.69, 9.17) is 0 Å². The van der Waals surface area contributed by atoms with Crippen molar-refractivity contribution in [2.45, 2.75) is 5.92 Å². The molecule has 5 rings (SSSR count). The number of Topliss-reactive ketones (excluding diaryl/α,β-unsaturated/α-hetero) is 2. The number of rotatable bonds is 4. The van der Waals surface area contributed by atoms with Gasteiger partial charge in [0.2, 0.25) is 0 Å². The maximum Gasteiger partial charge on any atom is 0.270 e. The Kier molecular flexibility index (Phi) is 5.38. The van der Waals surface area contributed by atoms with Gasteiger partial charge in [0.1, 0.15) is 0 Å². The van der Waals surface area contributed by atoms with E-state index >= 15 is 0 Å². The van der Waals surface area contributed by atoms with Gasteiger partial charge in [0.05, 0.1) is 16.4 Å². The van der Waals surface area contributed by atoms with Crippen molar-refractivity contribution in [2.24, 2.45) is 5.92 Å². The molecule has 1 aliphatic carbocycles. The van der Waals surface area contributed by atoms with Crippen molar-refractivity contribution in [1.82, 2.24) is 0 Å². The first-order valence-electron chi connectivity index (χ1n) is 10.2. The minimum atomic E-state index is -1.30. The highest BCUT2D eigenvalue weighted by molar-refractivity contribution is 9.10. The van der Waals surface area contributed by atoms with Crippen LogP contribution in [0.5, 0.6) is 5.06 Å². The van der Waals surface area contributed by atoms with Gasteiger partial charge in [-0.1, -0.05) is 69.7 Å². The van der Waals surface area contributed by atoms with Crippen molar-refractivity contribution >= 4 is 54.6 Å². The molecule has 1 aromatic heterocycles. The maximum absolute atomic E-state index is 13.6. The average molecular weight is 536 g/mol. The van der Waals surface area contributed by atoms with E-state index < -0.39 is 33.8 Å². The summed E-state index contributed by atoms with van der Waals surface area (Å²) in [6.45, 7) is 0. The predicted molar refractivity (Wildman–Crippen MR) is 131 cm³/mol. The van der Waals surface area contributed by atoms with Crippen LogP contribution < -0.4 is 5.43 Å². The average Bonchev–Trinajstić information content (AvgIpc) is 3.07. The maximum atomic E-state index is 13.6. The summed E-state index contributed by atoms with van der Waals surface area (Å²) in [5.41, 5.74) is 0.0277. The summed E-state index contributed by atoms with van der Waals surface area (Å²) in [5, 5.41) is 22.3. The van der Waals surface area contributed by atoms with Crippen molar-refractivity contribution in [1.29, 1.82) is 0 Å². The number of aromatic hydroxyl groups is 1. The van der Waals surface area contributed by atoms with Crippen molar-refractivity contribution in [3.63, 3.8) is 0 Å². The van der Waals surface area contributed by atoms with Crippen molar-refractivity contribution in [3.05, 3.63) is 114 Å². The third-order valence-corrected chi connectivity index (χ3v) is 7.69. The first-order valence-corrected chi connectivity index (χ1v) is 11.8. The predicted octanol–water partition coefficient (Wildman–Crippen LogP) is 5.47. The molecular weight excluding hydrogens is 522 g/mol. The molecule has 1 unspecified atom stereocenters. The second kappa shape index (κ2) is 8.27. The van der Waals surface area contributed by atoms with Gasteiger partial charge in [-0.05, 0) is 17.7 Å². The summed E-state index contributed by atoms with van der Waals surface area (Å²) < 4.78 is 0.808. The van der Waals surface area contributed by atoms with Gasteiger partial charge in [-0.15, -0.1) is 0 Å². The lowest BCUT2D eigenvalue weighted by Gasteiger charge is -2.24. The van der Waals surface area contributed by atoms with Crippen LogP contribution >= 0.6 is 27.3 Å². The number of halogens is 1. The van der Waals surface area contributed by atoms with Crippen LogP contribution in [0.2, 0.25) is 0 Å². The van der Waals surface area contributed by atoms with Gasteiger partial charge in [-0.3, -0.25) is 24.5 Å². The van der Waals surface area contributed by atoms with E-state index in [2.05, 4.69) is 15.9 Å². The Hall–Kier alpha value is -3.69. The number of carbonyl (C=O) groups excluding carboxylic acids is 2. The van der Waals surface area contributed by atoms with Crippen molar-refractivity contribution in [3.8, 4) is 5.06 Å². The smallest absolute Gasteiger partial charge is 0.270 e. The molecule has 0 amide bonds. The van der Waals surface area contributed by atoms with Crippen LogP contribution in [0.4, 0.5) is 5.69 Å². The molecular formula is C25H14BrNO6S. The van der Waals surface area contributed by atoms with Crippen LogP contribution in [-0.2, 0) is 0 Å². The van der Waals surface area contributed by atoms with E-state index in [-0.39, 0.29) is 31.9 Å². The summed E-state index contributed by atoms with van der Waals surface area (Å²) in [7, 11) is 0. The zero-order chi connectivity index (χ0) is 24.1. The lowest BCUT2D eigenvalue weighted by Crippen LogP contribution is -2.29. The van der Waals surface area contributed by atoms with E-state index in [1.54, 1.807) is 48.5 Å². The molecule has 7 nitrogen and oxygen atoms in total. The zero-order valence-corrected chi connectivity index (χ0v) is 19.6. The third-order valence-electron chi connectivity index (χ3n) is 6.01. The highest BCUT2D eigenvalue weighted by atomic mass is 79.9. The number of ketones is 2. The fraction of sp³-hybridized carbons (Fsp3) is 0.0800. The third kappa shape index (κ3) is 3.36. The van der Waals surface area contributed by atoms with Gasteiger partial charge in [0.25, 0.3) is 5.69 Å². The number of carbonyl (C=O) groups is 2. The largest absolute Gasteiger partial charge is 0.499 e. The van der Waals surface area contributed by atoms with Gasteiger partial charge in [0.15, 0.2) is 22.1 Å². The molecule has 3 aromatic carbocycles. The number of non-ortho nitro benzene ring substituents is 1. The Balaban J connectivity index is 1.81. The standard InChI is InChI=1S/C25H14BrNO6S/c26-17-11-12(27(32)33)9-10-15(17)19(20-22(28)13-5-1-2-6-14(13)23(20)29)21-24(30)16-7-3-4-8-18(16)34-25(21)31/h1-11,19-20,31H. The Bertz CT molecular complexity index is 1560. The molecule has 4 aromatic rings. The number of hydrogen-bond acceptors (Lipinski definition) is 7. The molecule has 0 saturated carbocycles. The molecule has 34 heavy (non-hydrogen) atoms. The SMILES string of the molecule is O=C1c2ccccc2C(=O)C1C(c1ccc([N+](=O)[O-])cc1Br)c1c(O)sc2ccccc2c1=O. The quantitative estimate of drug-likeness (QED) is 0.210. The number of nitrogens with zero attached hydrogens (tertiary/aromatic N) is 1. The number of hydrogen-bond donors (Lipinski definition) is 1. The minimum Gasteiger partial charge on any atom is -0.499 e. The Morgan fingerprint density at radius 3 is 2.18 bits per heavy atom. The normalized spacial score (nSPS) is 14.4. The summed E-state index contributed by atoms with van der Waals surface area (Å²) in [5.74, 6) is -3.39. The Morgan fingerprint density at radius 1 is 0.941 bits per heavy atom. The molecule has 0 radical (unpaired) electrons. The lowest BCUT2D eigenvalue weighted by molar-refractivity contribution is -0.384. The van der Waals surface area contributed by atoms with Crippen LogP contribution in [0.15, 0.2) is 76.0 Å². The van der Waals surface area contributed by atoms with Crippen LogP contribution in [0, 0.1) is 16.0 Å². The monoisotopic (exact) mass is 535 g/mol. The first-order chi connectivity index (χ1) is 16.3. The molecule has 0 saturated heterocycles.